The molecule has 1 nitrogen and oxygen atoms in total. The van der Waals surface area contributed by atoms with Crippen LogP contribution < -0.4 is 5.32 Å². The van der Waals surface area contributed by atoms with E-state index >= 15 is 0 Å². The van der Waals surface area contributed by atoms with Gasteiger partial charge in [-0.05, 0) is 54.4 Å². The van der Waals surface area contributed by atoms with Crippen molar-refractivity contribution in [3.05, 3.63) is 46.2 Å². The third-order valence-electron chi connectivity index (χ3n) is 3.43. The third kappa shape index (κ3) is 3.68. The zero-order valence-electron chi connectivity index (χ0n) is 12.1. The van der Waals surface area contributed by atoms with Crippen molar-refractivity contribution in [2.45, 2.75) is 39.7 Å². The van der Waals surface area contributed by atoms with E-state index in [0.29, 0.717) is 6.04 Å². The predicted molar refractivity (Wildman–Crippen MR) is 85.8 cm³/mol. The van der Waals surface area contributed by atoms with Crippen molar-refractivity contribution in [3.63, 3.8) is 0 Å². The van der Waals surface area contributed by atoms with Crippen molar-refractivity contribution in [3.8, 4) is 11.1 Å². The average molecular weight is 273 g/mol. The molecule has 2 heteroatoms. The molecule has 1 aromatic carbocycles. The molecule has 102 valence electrons. The fourth-order valence-corrected chi connectivity index (χ4v) is 3.03. The van der Waals surface area contributed by atoms with Crippen LogP contribution >= 0.6 is 11.3 Å². The van der Waals surface area contributed by atoms with Gasteiger partial charge in [-0.3, -0.25) is 0 Å². The average Bonchev–Trinajstić information content (AvgIpc) is 2.87. The summed E-state index contributed by atoms with van der Waals surface area (Å²) < 4.78 is 0. The van der Waals surface area contributed by atoms with Crippen LogP contribution in [0, 0.1) is 6.92 Å². The van der Waals surface area contributed by atoms with Crippen molar-refractivity contribution in [2.75, 3.05) is 6.54 Å². The molecule has 0 aliphatic rings. The molecule has 0 saturated heterocycles. The zero-order chi connectivity index (χ0) is 13.7. The summed E-state index contributed by atoms with van der Waals surface area (Å²) in [5.74, 6) is 0. The smallest absolute Gasteiger partial charge is 0.0317 e. The first-order valence-electron chi connectivity index (χ1n) is 7.13. The lowest BCUT2D eigenvalue weighted by molar-refractivity contribution is 0.518. The van der Waals surface area contributed by atoms with Crippen LogP contribution in [0.5, 0.6) is 0 Å². The molecule has 0 aliphatic carbocycles. The SMILES string of the molecule is CCCNC(CC)c1ccc(-c2csc(C)c2)cc1. The van der Waals surface area contributed by atoms with Crippen LogP contribution in [0.1, 0.15) is 43.2 Å². The predicted octanol–water partition coefficient (Wildman–Crippen LogP) is 5.17. The van der Waals surface area contributed by atoms with Gasteiger partial charge in [0.25, 0.3) is 0 Å². The number of thiophene rings is 1. The van der Waals surface area contributed by atoms with Crippen molar-refractivity contribution < 1.29 is 0 Å². The van der Waals surface area contributed by atoms with E-state index in [4.69, 9.17) is 0 Å². The fourth-order valence-electron chi connectivity index (χ4n) is 2.32. The van der Waals surface area contributed by atoms with Crippen molar-refractivity contribution >= 4 is 11.3 Å². The van der Waals surface area contributed by atoms with Crippen LogP contribution in [-0.4, -0.2) is 6.54 Å². The van der Waals surface area contributed by atoms with Gasteiger partial charge in [-0.2, -0.15) is 0 Å². The highest BCUT2D eigenvalue weighted by molar-refractivity contribution is 7.10. The highest BCUT2D eigenvalue weighted by Gasteiger charge is 2.08. The second-order valence-electron chi connectivity index (χ2n) is 4.98. The molecule has 1 atom stereocenters. The molecule has 0 amide bonds. The van der Waals surface area contributed by atoms with Gasteiger partial charge >= 0.3 is 0 Å². The standard InChI is InChI=1S/C17H23NS/c1-4-10-18-17(5-2)15-8-6-14(7-9-15)16-11-13(3)19-12-16/h6-9,11-12,17-18H,4-5,10H2,1-3H3. The molecule has 1 heterocycles. The maximum Gasteiger partial charge on any atom is 0.0317 e. The Kier molecular flexibility index (Phi) is 5.17. The van der Waals surface area contributed by atoms with Crippen LogP contribution in [-0.2, 0) is 0 Å². The molecule has 0 radical (unpaired) electrons. The number of benzene rings is 1. The number of nitrogens with one attached hydrogen (secondary N) is 1. The molecule has 2 rings (SSSR count). The van der Waals surface area contributed by atoms with E-state index in [1.807, 2.05) is 11.3 Å². The number of rotatable bonds is 6. The van der Waals surface area contributed by atoms with Gasteiger partial charge in [0.05, 0.1) is 0 Å². The summed E-state index contributed by atoms with van der Waals surface area (Å²) in [6.07, 6.45) is 2.32. The second-order valence-corrected chi connectivity index (χ2v) is 6.10. The van der Waals surface area contributed by atoms with Gasteiger partial charge in [-0.15, -0.1) is 11.3 Å². The Hall–Kier alpha value is -1.12. The van der Waals surface area contributed by atoms with E-state index in [1.165, 1.54) is 28.0 Å². The highest BCUT2D eigenvalue weighted by Crippen LogP contribution is 2.27. The molecule has 1 aromatic heterocycles. The number of hydrogen-bond acceptors (Lipinski definition) is 2. The van der Waals surface area contributed by atoms with Crippen molar-refractivity contribution in [1.82, 2.24) is 5.32 Å². The van der Waals surface area contributed by atoms with Gasteiger partial charge < -0.3 is 5.32 Å². The Labute approximate surface area is 120 Å². The summed E-state index contributed by atoms with van der Waals surface area (Å²) in [7, 11) is 0. The molecule has 0 saturated carbocycles. The molecule has 1 unspecified atom stereocenters. The molecule has 19 heavy (non-hydrogen) atoms. The quantitative estimate of drug-likeness (QED) is 0.765. The number of hydrogen-bond donors (Lipinski definition) is 1. The van der Waals surface area contributed by atoms with Gasteiger partial charge in [0.15, 0.2) is 0 Å². The van der Waals surface area contributed by atoms with E-state index in [2.05, 4.69) is 61.8 Å². The van der Waals surface area contributed by atoms with E-state index in [0.717, 1.165) is 13.0 Å². The summed E-state index contributed by atoms with van der Waals surface area (Å²) in [6.45, 7) is 7.69. The van der Waals surface area contributed by atoms with E-state index < -0.39 is 0 Å². The van der Waals surface area contributed by atoms with Crippen molar-refractivity contribution in [2.24, 2.45) is 0 Å². The molecule has 0 spiro atoms. The first-order valence-corrected chi connectivity index (χ1v) is 8.01. The highest BCUT2D eigenvalue weighted by atomic mass is 32.1. The molecule has 2 aromatic rings. The summed E-state index contributed by atoms with van der Waals surface area (Å²) >= 11 is 1.81. The number of aryl methyl sites for hydroxylation is 1. The maximum absolute atomic E-state index is 3.60. The topological polar surface area (TPSA) is 12.0 Å². The lowest BCUT2D eigenvalue weighted by atomic mass is 10.0. The summed E-state index contributed by atoms with van der Waals surface area (Å²) in [6, 6.07) is 11.8. The minimum atomic E-state index is 0.484. The van der Waals surface area contributed by atoms with Crippen LogP contribution in [0.25, 0.3) is 11.1 Å². The maximum atomic E-state index is 3.60. The van der Waals surface area contributed by atoms with Crippen LogP contribution in [0.3, 0.4) is 0 Å². The molecule has 0 bridgehead atoms. The largest absolute Gasteiger partial charge is 0.310 e. The lowest BCUT2D eigenvalue weighted by Crippen LogP contribution is -2.21. The first-order chi connectivity index (χ1) is 9.24. The lowest BCUT2D eigenvalue weighted by Gasteiger charge is -2.17. The summed E-state index contributed by atoms with van der Waals surface area (Å²) in [4.78, 5) is 1.37. The van der Waals surface area contributed by atoms with E-state index in [1.54, 1.807) is 0 Å². The van der Waals surface area contributed by atoms with E-state index in [9.17, 15) is 0 Å². The van der Waals surface area contributed by atoms with Gasteiger partial charge in [0.1, 0.15) is 0 Å². The second kappa shape index (κ2) is 6.88. The molecule has 0 fully saturated rings. The monoisotopic (exact) mass is 273 g/mol. The van der Waals surface area contributed by atoms with Gasteiger partial charge in [-0.1, -0.05) is 38.1 Å². The Bertz CT molecular complexity index is 498. The Morgan fingerprint density at radius 2 is 1.84 bits per heavy atom. The molecular formula is C17H23NS. The summed E-state index contributed by atoms with van der Waals surface area (Å²) in [5.41, 5.74) is 4.05. The Morgan fingerprint density at radius 3 is 2.37 bits per heavy atom. The van der Waals surface area contributed by atoms with Crippen LogP contribution in [0.15, 0.2) is 35.7 Å². The van der Waals surface area contributed by atoms with Gasteiger partial charge in [-0.25, -0.2) is 0 Å². The van der Waals surface area contributed by atoms with Crippen LogP contribution in [0.2, 0.25) is 0 Å². The third-order valence-corrected chi connectivity index (χ3v) is 4.29. The Balaban J connectivity index is 2.13. The molecule has 0 aliphatic heterocycles. The fraction of sp³-hybridized carbons (Fsp3) is 0.412. The minimum absolute atomic E-state index is 0.484. The molecular weight excluding hydrogens is 250 g/mol. The first kappa shape index (κ1) is 14.3. The Morgan fingerprint density at radius 1 is 1.11 bits per heavy atom. The van der Waals surface area contributed by atoms with E-state index in [-0.39, 0.29) is 0 Å². The molecule has 1 N–H and O–H groups in total. The van der Waals surface area contributed by atoms with Crippen molar-refractivity contribution in [1.29, 1.82) is 0 Å². The van der Waals surface area contributed by atoms with Gasteiger partial charge in [0.2, 0.25) is 0 Å². The van der Waals surface area contributed by atoms with Crippen LogP contribution in [0.4, 0.5) is 0 Å². The minimum Gasteiger partial charge on any atom is -0.310 e. The zero-order valence-corrected chi connectivity index (χ0v) is 12.9. The normalized spacial score (nSPS) is 12.6. The summed E-state index contributed by atoms with van der Waals surface area (Å²) in [5, 5.41) is 5.83. The van der Waals surface area contributed by atoms with Gasteiger partial charge in [0, 0.05) is 10.9 Å².